The van der Waals surface area contributed by atoms with E-state index in [2.05, 4.69) is 20.6 Å². The van der Waals surface area contributed by atoms with Crippen LogP contribution in [0.3, 0.4) is 0 Å². The number of anilines is 2. The lowest BCUT2D eigenvalue weighted by molar-refractivity contribution is -0.135. The van der Waals surface area contributed by atoms with Gasteiger partial charge in [-0.15, -0.1) is 11.3 Å². The number of carbonyl (C=O) groups excluding carboxylic acids is 2. The van der Waals surface area contributed by atoms with Crippen molar-refractivity contribution in [1.82, 2.24) is 15.3 Å². The minimum absolute atomic E-state index is 0.225. The van der Waals surface area contributed by atoms with Crippen molar-refractivity contribution in [3.05, 3.63) is 46.6 Å². The Hall–Kier alpha value is -3.53. The van der Waals surface area contributed by atoms with Crippen LogP contribution in [0.1, 0.15) is 39.4 Å². The molecule has 9 nitrogen and oxygen atoms in total. The Balaban J connectivity index is 1.84. The number of aliphatic carboxylic acids is 1. The predicted molar refractivity (Wildman–Crippen MR) is 112 cm³/mol. The maximum atomic E-state index is 12.4. The monoisotopic (exact) mass is 428 g/mol. The molecule has 10 heteroatoms. The number of aryl methyl sites for hydroxylation is 1. The molecule has 2 heterocycles. The fourth-order valence-electron chi connectivity index (χ4n) is 2.73. The molecule has 0 aliphatic heterocycles. The molecule has 3 rings (SSSR count). The van der Waals surface area contributed by atoms with E-state index >= 15 is 0 Å². The standard InChI is InChI=1S/C20H20N4O5S/c1-10(2)29-20(28)16-11(3)15-17(22-9-23-19(15)30-16)24-13-6-4-12(5-7-13)18(27)21-8-14(25)26/h4-7,9-10H,8H2,1-3H3,(H,21,27)(H,25,26)(H,22,23,24). The first-order valence-electron chi connectivity index (χ1n) is 9.08. The molecule has 0 fully saturated rings. The van der Waals surface area contributed by atoms with Gasteiger partial charge in [0.25, 0.3) is 5.91 Å². The van der Waals surface area contributed by atoms with Gasteiger partial charge in [0.05, 0.1) is 11.5 Å². The smallest absolute Gasteiger partial charge is 0.348 e. The first kappa shape index (κ1) is 21.2. The normalized spacial score (nSPS) is 10.8. The fraction of sp³-hybridized carbons (Fsp3) is 0.250. The Morgan fingerprint density at radius 3 is 2.50 bits per heavy atom. The second-order valence-corrected chi connectivity index (χ2v) is 7.69. The Labute approximate surface area is 176 Å². The summed E-state index contributed by atoms with van der Waals surface area (Å²) in [6.45, 7) is 4.95. The number of hydrogen-bond donors (Lipinski definition) is 3. The van der Waals surface area contributed by atoms with Crippen molar-refractivity contribution >= 4 is 50.9 Å². The van der Waals surface area contributed by atoms with E-state index in [0.29, 0.717) is 26.8 Å². The number of rotatable bonds is 7. The van der Waals surface area contributed by atoms with E-state index in [9.17, 15) is 14.4 Å². The van der Waals surface area contributed by atoms with Crippen LogP contribution in [0.5, 0.6) is 0 Å². The van der Waals surface area contributed by atoms with Crippen molar-refractivity contribution in [2.24, 2.45) is 0 Å². The number of nitrogens with one attached hydrogen (secondary N) is 2. The van der Waals surface area contributed by atoms with Gasteiger partial charge in [0, 0.05) is 11.3 Å². The van der Waals surface area contributed by atoms with Crippen molar-refractivity contribution < 1.29 is 24.2 Å². The number of ether oxygens (including phenoxy) is 1. The molecule has 0 unspecified atom stereocenters. The highest BCUT2D eigenvalue weighted by Gasteiger charge is 2.21. The van der Waals surface area contributed by atoms with Gasteiger partial charge in [0.15, 0.2) is 0 Å². The molecular weight excluding hydrogens is 408 g/mol. The molecule has 0 spiro atoms. The van der Waals surface area contributed by atoms with Crippen LogP contribution < -0.4 is 10.6 Å². The first-order valence-corrected chi connectivity index (χ1v) is 9.90. The van der Waals surface area contributed by atoms with Crippen molar-refractivity contribution in [2.45, 2.75) is 26.9 Å². The Bertz CT molecular complexity index is 1110. The highest BCUT2D eigenvalue weighted by Crippen LogP contribution is 2.35. The predicted octanol–water partition coefficient (Wildman–Crippen LogP) is 3.12. The molecule has 0 aliphatic rings. The van der Waals surface area contributed by atoms with Crippen LogP contribution in [-0.4, -0.2) is 45.6 Å². The first-order chi connectivity index (χ1) is 14.3. The summed E-state index contributed by atoms with van der Waals surface area (Å²) in [5.74, 6) is -1.46. The van der Waals surface area contributed by atoms with Crippen molar-refractivity contribution in [2.75, 3.05) is 11.9 Å². The number of thiophene rings is 1. The van der Waals surface area contributed by atoms with E-state index < -0.39 is 24.4 Å². The largest absolute Gasteiger partial charge is 0.480 e. The molecule has 0 bridgehead atoms. The maximum Gasteiger partial charge on any atom is 0.348 e. The van der Waals surface area contributed by atoms with E-state index in [-0.39, 0.29) is 6.10 Å². The highest BCUT2D eigenvalue weighted by atomic mass is 32.1. The van der Waals surface area contributed by atoms with Gasteiger partial charge in [-0.3, -0.25) is 9.59 Å². The van der Waals surface area contributed by atoms with Gasteiger partial charge >= 0.3 is 11.9 Å². The summed E-state index contributed by atoms with van der Waals surface area (Å²) in [6.07, 6.45) is 1.18. The van der Waals surface area contributed by atoms with E-state index in [1.54, 1.807) is 38.1 Å². The molecule has 0 saturated heterocycles. The summed E-state index contributed by atoms with van der Waals surface area (Å²) in [7, 11) is 0. The number of esters is 1. The lowest BCUT2D eigenvalue weighted by Crippen LogP contribution is -2.29. The van der Waals surface area contributed by atoms with Gasteiger partial charge in [-0.25, -0.2) is 14.8 Å². The SMILES string of the molecule is Cc1c(C(=O)OC(C)C)sc2ncnc(Nc3ccc(C(=O)NCC(=O)O)cc3)c12. The number of amides is 1. The molecule has 1 amide bonds. The number of hydrogen-bond acceptors (Lipinski definition) is 8. The molecule has 156 valence electrons. The van der Waals surface area contributed by atoms with Crippen molar-refractivity contribution in [3.63, 3.8) is 0 Å². The second kappa shape index (κ2) is 8.87. The molecule has 0 radical (unpaired) electrons. The van der Waals surface area contributed by atoms with Crippen LogP contribution in [0.15, 0.2) is 30.6 Å². The molecule has 30 heavy (non-hydrogen) atoms. The van der Waals surface area contributed by atoms with Crippen LogP contribution >= 0.6 is 11.3 Å². The van der Waals surface area contributed by atoms with Crippen LogP contribution in [0.2, 0.25) is 0 Å². The van der Waals surface area contributed by atoms with Crippen LogP contribution in [0, 0.1) is 6.92 Å². The molecule has 0 aliphatic carbocycles. The Morgan fingerprint density at radius 1 is 1.17 bits per heavy atom. The molecular formula is C20H20N4O5S. The van der Waals surface area contributed by atoms with Crippen LogP contribution in [0.25, 0.3) is 10.2 Å². The van der Waals surface area contributed by atoms with Crippen LogP contribution in [0.4, 0.5) is 11.5 Å². The number of nitrogens with zero attached hydrogens (tertiary/aromatic N) is 2. The number of benzene rings is 1. The van der Waals surface area contributed by atoms with Gasteiger partial charge in [0.1, 0.15) is 28.4 Å². The number of carboxylic acids is 1. The molecule has 1 aromatic carbocycles. The summed E-state index contributed by atoms with van der Waals surface area (Å²) in [6, 6.07) is 6.51. The van der Waals surface area contributed by atoms with Crippen molar-refractivity contribution in [1.29, 1.82) is 0 Å². The number of carbonyl (C=O) groups is 3. The Kier molecular flexibility index (Phi) is 6.26. The third kappa shape index (κ3) is 4.71. The Morgan fingerprint density at radius 2 is 1.87 bits per heavy atom. The summed E-state index contributed by atoms with van der Waals surface area (Å²) >= 11 is 1.25. The van der Waals surface area contributed by atoms with E-state index in [4.69, 9.17) is 9.84 Å². The van der Waals surface area contributed by atoms with E-state index in [1.165, 1.54) is 17.7 Å². The molecule has 3 aromatic rings. The lowest BCUT2D eigenvalue weighted by atomic mass is 10.1. The summed E-state index contributed by atoms with van der Waals surface area (Å²) in [5, 5.41) is 14.8. The second-order valence-electron chi connectivity index (χ2n) is 6.69. The van der Waals surface area contributed by atoms with E-state index in [0.717, 1.165) is 10.9 Å². The molecule has 0 atom stereocenters. The lowest BCUT2D eigenvalue weighted by Gasteiger charge is -2.09. The minimum Gasteiger partial charge on any atom is -0.480 e. The van der Waals surface area contributed by atoms with Gasteiger partial charge < -0.3 is 20.5 Å². The third-order valence-corrected chi connectivity index (χ3v) is 5.24. The number of fused-ring (bicyclic) bond motifs is 1. The maximum absolute atomic E-state index is 12.4. The molecule has 3 N–H and O–H groups in total. The highest BCUT2D eigenvalue weighted by molar-refractivity contribution is 7.20. The zero-order valence-corrected chi connectivity index (χ0v) is 17.4. The van der Waals surface area contributed by atoms with E-state index in [1.807, 2.05) is 6.92 Å². The van der Waals surface area contributed by atoms with Gasteiger partial charge in [-0.1, -0.05) is 0 Å². The van der Waals surface area contributed by atoms with Gasteiger partial charge in [0.2, 0.25) is 0 Å². The van der Waals surface area contributed by atoms with Crippen molar-refractivity contribution in [3.8, 4) is 0 Å². The zero-order valence-electron chi connectivity index (χ0n) is 16.6. The number of carboxylic acid groups (broad SMARTS) is 1. The molecule has 0 saturated carbocycles. The third-order valence-electron chi connectivity index (χ3n) is 4.06. The minimum atomic E-state index is -1.11. The average molecular weight is 428 g/mol. The number of aromatic nitrogens is 2. The average Bonchev–Trinajstić information content (AvgIpc) is 3.04. The molecule has 2 aromatic heterocycles. The van der Waals surface area contributed by atoms with Gasteiger partial charge in [-0.05, 0) is 50.6 Å². The quantitative estimate of drug-likeness (QED) is 0.489. The van der Waals surface area contributed by atoms with Gasteiger partial charge in [-0.2, -0.15) is 0 Å². The zero-order chi connectivity index (χ0) is 21.8. The van der Waals surface area contributed by atoms with Crippen LogP contribution in [-0.2, 0) is 9.53 Å². The topological polar surface area (TPSA) is 131 Å². The summed E-state index contributed by atoms with van der Waals surface area (Å²) < 4.78 is 5.30. The summed E-state index contributed by atoms with van der Waals surface area (Å²) in [5.41, 5.74) is 1.73. The summed E-state index contributed by atoms with van der Waals surface area (Å²) in [4.78, 5) is 44.5. The fourth-order valence-corrected chi connectivity index (χ4v) is 3.76.